The molecule has 1 atom stereocenters. The zero-order valence-electron chi connectivity index (χ0n) is 14.7. The molecule has 24 heavy (non-hydrogen) atoms. The highest BCUT2D eigenvalue weighted by Gasteiger charge is 2.14. The van der Waals surface area contributed by atoms with Crippen molar-refractivity contribution in [1.82, 2.24) is 10.2 Å². The van der Waals surface area contributed by atoms with Gasteiger partial charge in [0.15, 0.2) is 5.96 Å². The number of nitrogens with zero attached hydrogens (tertiary/aromatic N) is 2. The van der Waals surface area contributed by atoms with E-state index in [2.05, 4.69) is 46.5 Å². The summed E-state index contributed by atoms with van der Waals surface area (Å²) in [7, 11) is 3.87. The van der Waals surface area contributed by atoms with Crippen LogP contribution in [0.2, 0.25) is 0 Å². The molecule has 1 unspecified atom stereocenters. The number of halogens is 1. The Labute approximate surface area is 162 Å². The van der Waals surface area contributed by atoms with E-state index >= 15 is 0 Å². The Hall–Kier alpha value is -0.860. The van der Waals surface area contributed by atoms with E-state index < -0.39 is 0 Å². The molecule has 1 aromatic carbocycles. The number of benzene rings is 1. The Kier molecular flexibility index (Phi) is 11.0. The predicted molar refractivity (Wildman–Crippen MR) is 109 cm³/mol. The van der Waals surface area contributed by atoms with Gasteiger partial charge in [-0.1, -0.05) is 30.3 Å². The van der Waals surface area contributed by atoms with Gasteiger partial charge in [-0.05, 0) is 24.8 Å². The highest BCUT2D eigenvalue weighted by atomic mass is 127. The lowest BCUT2D eigenvalue weighted by molar-refractivity contribution is 0.0168. The molecular weight excluding hydrogens is 417 g/mol. The number of nitrogens with one attached hydrogen (secondary N) is 1. The van der Waals surface area contributed by atoms with E-state index in [1.165, 1.54) is 12.0 Å². The van der Waals surface area contributed by atoms with Crippen molar-refractivity contribution in [3.8, 4) is 0 Å². The topological polar surface area (TPSA) is 46.1 Å². The number of rotatable bonds is 8. The van der Waals surface area contributed by atoms with E-state index in [0.717, 1.165) is 51.7 Å². The normalized spacial score (nSPS) is 17.4. The van der Waals surface area contributed by atoms with E-state index in [4.69, 9.17) is 9.47 Å². The quantitative estimate of drug-likeness (QED) is 0.288. The van der Waals surface area contributed by atoms with Crippen molar-refractivity contribution in [1.29, 1.82) is 0 Å². The number of hydrogen-bond donors (Lipinski definition) is 1. The van der Waals surface area contributed by atoms with Crippen LogP contribution in [0.25, 0.3) is 0 Å². The summed E-state index contributed by atoms with van der Waals surface area (Å²) in [4.78, 5) is 6.46. The highest BCUT2D eigenvalue weighted by Crippen LogP contribution is 2.11. The van der Waals surface area contributed by atoms with E-state index in [-0.39, 0.29) is 24.0 Å². The number of hydrogen-bond acceptors (Lipinski definition) is 3. The fraction of sp³-hybridized carbons (Fsp3) is 0.611. The third kappa shape index (κ3) is 7.81. The summed E-state index contributed by atoms with van der Waals surface area (Å²) in [6, 6.07) is 10.4. The van der Waals surface area contributed by atoms with Crippen LogP contribution in [0.3, 0.4) is 0 Å². The largest absolute Gasteiger partial charge is 0.379 e. The van der Waals surface area contributed by atoms with Crippen molar-refractivity contribution >= 4 is 29.9 Å². The van der Waals surface area contributed by atoms with Gasteiger partial charge in [-0.2, -0.15) is 0 Å². The molecule has 1 fully saturated rings. The molecule has 136 valence electrons. The molecule has 1 aromatic rings. The molecule has 0 radical (unpaired) electrons. The third-order valence-corrected chi connectivity index (χ3v) is 3.91. The van der Waals surface area contributed by atoms with Crippen molar-refractivity contribution in [3.63, 3.8) is 0 Å². The summed E-state index contributed by atoms with van der Waals surface area (Å²) in [5.41, 5.74) is 1.28. The van der Waals surface area contributed by atoms with Gasteiger partial charge >= 0.3 is 0 Å². The average molecular weight is 447 g/mol. The Bertz CT molecular complexity index is 465. The van der Waals surface area contributed by atoms with Crippen LogP contribution < -0.4 is 5.32 Å². The minimum Gasteiger partial charge on any atom is -0.379 e. The minimum absolute atomic E-state index is 0. The maximum absolute atomic E-state index is 5.67. The number of ether oxygens (including phenoxy) is 2. The van der Waals surface area contributed by atoms with Gasteiger partial charge in [-0.15, -0.1) is 24.0 Å². The smallest absolute Gasteiger partial charge is 0.193 e. The van der Waals surface area contributed by atoms with Gasteiger partial charge in [0, 0.05) is 40.4 Å². The van der Waals surface area contributed by atoms with Gasteiger partial charge in [-0.25, -0.2) is 0 Å². The summed E-state index contributed by atoms with van der Waals surface area (Å²) in [6.07, 6.45) is 3.58. The SMILES string of the molecule is CN=C(NCCCOCC1CCCO1)N(C)Cc1ccccc1.I. The molecule has 6 heteroatoms. The summed E-state index contributed by atoms with van der Waals surface area (Å²) >= 11 is 0. The van der Waals surface area contributed by atoms with E-state index in [0.29, 0.717) is 6.10 Å². The van der Waals surface area contributed by atoms with Crippen LogP contribution in [0.5, 0.6) is 0 Å². The molecule has 0 aliphatic carbocycles. The second-order valence-electron chi connectivity index (χ2n) is 5.88. The Morgan fingerprint density at radius 3 is 2.83 bits per heavy atom. The minimum atomic E-state index is 0. The van der Waals surface area contributed by atoms with E-state index in [9.17, 15) is 0 Å². The first kappa shape index (κ1) is 21.2. The first-order chi connectivity index (χ1) is 11.3. The maximum atomic E-state index is 5.67. The van der Waals surface area contributed by atoms with Gasteiger partial charge in [0.25, 0.3) is 0 Å². The fourth-order valence-corrected chi connectivity index (χ4v) is 2.68. The Morgan fingerprint density at radius 1 is 1.38 bits per heavy atom. The molecule has 1 heterocycles. The molecule has 0 bridgehead atoms. The predicted octanol–water partition coefficient (Wildman–Crippen LogP) is 2.90. The summed E-state index contributed by atoms with van der Waals surface area (Å²) in [5.74, 6) is 0.910. The van der Waals surface area contributed by atoms with Gasteiger partial charge in [0.05, 0.1) is 12.7 Å². The van der Waals surface area contributed by atoms with Crippen molar-refractivity contribution < 1.29 is 9.47 Å². The van der Waals surface area contributed by atoms with Crippen LogP contribution in [0.1, 0.15) is 24.8 Å². The first-order valence-corrected chi connectivity index (χ1v) is 8.44. The maximum Gasteiger partial charge on any atom is 0.193 e. The van der Waals surface area contributed by atoms with Crippen LogP contribution in [0.15, 0.2) is 35.3 Å². The zero-order valence-corrected chi connectivity index (χ0v) is 17.1. The molecule has 1 saturated heterocycles. The monoisotopic (exact) mass is 447 g/mol. The molecule has 0 spiro atoms. The van der Waals surface area contributed by atoms with Gasteiger partial charge < -0.3 is 19.7 Å². The van der Waals surface area contributed by atoms with Crippen LogP contribution in [-0.4, -0.2) is 57.4 Å². The van der Waals surface area contributed by atoms with E-state index in [1.54, 1.807) is 0 Å². The standard InChI is InChI=1S/C18H29N3O2.HI/c1-19-18(21(2)14-16-8-4-3-5-9-16)20-11-7-12-22-15-17-10-6-13-23-17;/h3-5,8-9,17H,6-7,10-15H2,1-2H3,(H,19,20);1H. The lowest BCUT2D eigenvalue weighted by Gasteiger charge is -2.22. The average Bonchev–Trinajstić information content (AvgIpc) is 3.08. The lowest BCUT2D eigenvalue weighted by Crippen LogP contribution is -2.39. The van der Waals surface area contributed by atoms with Gasteiger partial charge in [0.2, 0.25) is 0 Å². The molecule has 1 N–H and O–H groups in total. The summed E-state index contributed by atoms with van der Waals surface area (Å²) in [6.45, 7) is 4.07. The third-order valence-electron chi connectivity index (χ3n) is 3.91. The van der Waals surface area contributed by atoms with E-state index in [1.807, 2.05) is 13.1 Å². The van der Waals surface area contributed by atoms with Crippen LogP contribution >= 0.6 is 24.0 Å². The first-order valence-electron chi connectivity index (χ1n) is 8.44. The number of guanidine groups is 1. The molecule has 0 amide bonds. The summed E-state index contributed by atoms with van der Waals surface area (Å²) < 4.78 is 11.2. The molecular formula is C18H30IN3O2. The molecule has 5 nitrogen and oxygen atoms in total. The summed E-state index contributed by atoms with van der Waals surface area (Å²) in [5, 5.41) is 3.38. The number of aliphatic imine (C=N–C) groups is 1. The lowest BCUT2D eigenvalue weighted by atomic mass is 10.2. The molecule has 2 rings (SSSR count). The fourth-order valence-electron chi connectivity index (χ4n) is 2.68. The van der Waals surface area contributed by atoms with Crippen molar-refractivity contribution in [2.75, 3.05) is 40.5 Å². The second-order valence-corrected chi connectivity index (χ2v) is 5.88. The van der Waals surface area contributed by atoms with Gasteiger partial charge in [0.1, 0.15) is 0 Å². The van der Waals surface area contributed by atoms with Crippen LogP contribution in [-0.2, 0) is 16.0 Å². The van der Waals surface area contributed by atoms with Crippen LogP contribution in [0.4, 0.5) is 0 Å². The van der Waals surface area contributed by atoms with Gasteiger partial charge in [-0.3, -0.25) is 4.99 Å². The second kappa shape index (κ2) is 12.5. The van der Waals surface area contributed by atoms with Crippen molar-refractivity contribution in [2.24, 2.45) is 4.99 Å². The molecule has 1 aliphatic heterocycles. The van der Waals surface area contributed by atoms with Crippen molar-refractivity contribution in [3.05, 3.63) is 35.9 Å². The highest BCUT2D eigenvalue weighted by molar-refractivity contribution is 14.0. The Balaban J connectivity index is 0.00000288. The molecule has 0 aromatic heterocycles. The molecule has 1 aliphatic rings. The zero-order chi connectivity index (χ0) is 16.3. The molecule has 0 saturated carbocycles. The Morgan fingerprint density at radius 2 is 2.17 bits per heavy atom. The van der Waals surface area contributed by atoms with Crippen LogP contribution in [0, 0.1) is 0 Å². The van der Waals surface area contributed by atoms with Crippen molar-refractivity contribution in [2.45, 2.75) is 31.9 Å².